The van der Waals surface area contributed by atoms with E-state index in [2.05, 4.69) is 33.8 Å². The first-order chi connectivity index (χ1) is 8.78. The van der Waals surface area contributed by atoms with Crippen LogP contribution in [-0.2, 0) is 9.31 Å². The first kappa shape index (κ1) is 13.4. The number of halogens is 1. The van der Waals surface area contributed by atoms with Crippen LogP contribution in [-0.4, -0.2) is 18.3 Å². The molecule has 0 bridgehead atoms. The number of rotatable bonds is 1. The number of benzene rings is 1. The van der Waals surface area contributed by atoms with Crippen LogP contribution in [0.15, 0.2) is 24.3 Å². The monoisotopic (exact) mass is 294 g/mol. The van der Waals surface area contributed by atoms with Crippen LogP contribution in [0.25, 0.3) is 10.1 Å². The summed E-state index contributed by atoms with van der Waals surface area (Å²) in [6.45, 7) is 8.27. The van der Waals surface area contributed by atoms with Gasteiger partial charge < -0.3 is 9.31 Å². The minimum atomic E-state index is -0.300. The molecule has 2 nitrogen and oxygen atoms in total. The third kappa shape index (κ3) is 2.21. The fraction of sp³-hybridized carbons (Fsp3) is 0.429. The van der Waals surface area contributed by atoms with Crippen LogP contribution in [0.2, 0.25) is 5.02 Å². The van der Waals surface area contributed by atoms with Gasteiger partial charge in [0.2, 0.25) is 0 Å². The van der Waals surface area contributed by atoms with Crippen molar-refractivity contribution in [2.45, 2.75) is 38.9 Å². The van der Waals surface area contributed by atoms with Crippen molar-refractivity contribution in [1.82, 2.24) is 0 Å². The largest absolute Gasteiger partial charge is 0.505 e. The molecule has 19 heavy (non-hydrogen) atoms. The molecular formula is C14H16BClO2S. The molecule has 0 atom stereocenters. The molecule has 0 radical (unpaired) electrons. The SMILES string of the molecule is CC1(C)OB(c2cc3cc(Cl)ccc3s2)OC1(C)C. The lowest BCUT2D eigenvalue weighted by Crippen LogP contribution is -2.41. The summed E-state index contributed by atoms with van der Waals surface area (Å²) in [6, 6.07) is 8.03. The zero-order valence-electron chi connectivity index (χ0n) is 11.5. The van der Waals surface area contributed by atoms with Crippen LogP contribution >= 0.6 is 22.9 Å². The molecule has 0 amide bonds. The molecule has 2 heterocycles. The second-order valence-corrected chi connectivity index (χ2v) is 7.47. The van der Waals surface area contributed by atoms with Crippen molar-refractivity contribution in [3.05, 3.63) is 29.3 Å². The smallest absolute Gasteiger partial charge is 0.399 e. The van der Waals surface area contributed by atoms with Gasteiger partial charge in [-0.1, -0.05) is 11.6 Å². The second kappa shape index (κ2) is 4.22. The summed E-state index contributed by atoms with van der Waals surface area (Å²) in [5.74, 6) is 0. The van der Waals surface area contributed by atoms with Crippen LogP contribution in [0, 0.1) is 0 Å². The van der Waals surface area contributed by atoms with Crippen molar-refractivity contribution in [3.8, 4) is 0 Å². The van der Waals surface area contributed by atoms with E-state index in [0.29, 0.717) is 0 Å². The predicted molar refractivity (Wildman–Crippen MR) is 82.6 cm³/mol. The van der Waals surface area contributed by atoms with Gasteiger partial charge in [-0.25, -0.2) is 0 Å². The number of thiophene rings is 1. The quantitative estimate of drug-likeness (QED) is 0.744. The molecule has 5 heteroatoms. The van der Waals surface area contributed by atoms with Gasteiger partial charge in [0.05, 0.1) is 11.2 Å². The minimum absolute atomic E-state index is 0.291. The summed E-state index contributed by atoms with van der Waals surface area (Å²) >= 11 is 7.72. The van der Waals surface area contributed by atoms with Gasteiger partial charge >= 0.3 is 7.12 Å². The van der Waals surface area contributed by atoms with E-state index in [9.17, 15) is 0 Å². The highest BCUT2D eigenvalue weighted by Gasteiger charge is 2.52. The maximum atomic E-state index is 6.07. The minimum Gasteiger partial charge on any atom is -0.399 e. The molecule has 0 saturated carbocycles. The molecule has 100 valence electrons. The molecule has 1 aliphatic heterocycles. The van der Waals surface area contributed by atoms with E-state index in [0.717, 1.165) is 15.2 Å². The standard InChI is InChI=1S/C14H16BClO2S/c1-13(2)14(3,4)18-15(17-13)12-8-9-7-10(16)5-6-11(9)19-12/h5-8H,1-4H3. The molecule has 2 aromatic rings. The lowest BCUT2D eigenvalue weighted by Gasteiger charge is -2.32. The predicted octanol–water partition coefficient (Wildman–Crippen LogP) is 3.85. The Morgan fingerprint density at radius 1 is 1.05 bits per heavy atom. The van der Waals surface area contributed by atoms with E-state index in [1.807, 2.05) is 18.2 Å². The molecule has 0 unspecified atom stereocenters. The zero-order valence-corrected chi connectivity index (χ0v) is 13.1. The second-order valence-electron chi connectivity index (χ2n) is 5.92. The maximum Gasteiger partial charge on any atom is 0.505 e. The van der Waals surface area contributed by atoms with E-state index in [-0.39, 0.29) is 18.3 Å². The Labute approximate surface area is 122 Å². The van der Waals surface area contributed by atoms with Crippen LogP contribution in [0.1, 0.15) is 27.7 Å². The van der Waals surface area contributed by atoms with E-state index in [4.69, 9.17) is 20.9 Å². The third-order valence-corrected chi connectivity index (χ3v) is 5.36. The van der Waals surface area contributed by atoms with Gasteiger partial charge in [0.25, 0.3) is 0 Å². The Bertz CT molecular complexity index is 619. The Morgan fingerprint density at radius 2 is 1.68 bits per heavy atom. The molecule has 0 aliphatic carbocycles. The number of hydrogen-bond acceptors (Lipinski definition) is 3. The van der Waals surface area contributed by atoms with Crippen LogP contribution in [0.4, 0.5) is 0 Å². The van der Waals surface area contributed by atoms with Gasteiger partial charge in [0, 0.05) is 14.5 Å². The highest BCUT2D eigenvalue weighted by Crippen LogP contribution is 2.37. The van der Waals surface area contributed by atoms with Crippen LogP contribution in [0.3, 0.4) is 0 Å². The van der Waals surface area contributed by atoms with Crippen molar-refractivity contribution in [3.63, 3.8) is 0 Å². The Morgan fingerprint density at radius 3 is 2.32 bits per heavy atom. The fourth-order valence-electron chi connectivity index (χ4n) is 2.11. The highest BCUT2D eigenvalue weighted by molar-refractivity contribution is 7.28. The van der Waals surface area contributed by atoms with Crippen molar-refractivity contribution in [2.75, 3.05) is 0 Å². The van der Waals surface area contributed by atoms with Gasteiger partial charge in [-0.15, -0.1) is 11.3 Å². The van der Waals surface area contributed by atoms with Gasteiger partial charge in [-0.2, -0.15) is 0 Å². The summed E-state index contributed by atoms with van der Waals surface area (Å²) in [5, 5.41) is 1.90. The van der Waals surface area contributed by atoms with Crippen LogP contribution < -0.4 is 4.78 Å². The summed E-state index contributed by atoms with van der Waals surface area (Å²) in [7, 11) is -0.291. The first-order valence-corrected chi connectivity index (χ1v) is 7.53. The van der Waals surface area contributed by atoms with E-state index in [1.54, 1.807) is 11.3 Å². The Kier molecular flexibility index (Phi) is 2.99. The highest BCUT2D eigenvalue weighted by atomic mass is 35.5. The van der Waals surface area contributed by atoms with E-state index >= 15 is 0 Å². The average Bonchev–Trinajstić information content (AvgIpc) is 2.78. The van der Waals surface area contributed by atoms with Crippen molar-refractivity contribution in [2.24, 2.45) is 0 Å². The molecule has 1 aliphatic rings. The zero-order chi connectivity index (χ0) is 13.8. The lowest BCUT2D eigenvalue weighted by atomic mass is 9.87. The molecule has 1 aromatic heterocycles. The molecule has 0 spiro atoms. The molecule has 1 saturated heterocycles. The normalized spacial score (nSPS) is 21.2. The molecule has 0 N–H and O–H groups in total. The molecule has 1 aromatic carbocycles. The summed E-state index contributed by atoms with van der Waals surface area (Å²) < 4.78 is 14.4. The van der Waals surface area contributed by atoms with E-state index in [1.165, 1.54) is 4.70 Å². The maximum absolute atomic E-state index is 6.07. The fourth-order valence-corrected chi connectivity index (χ4v) is 3.29. The van der Waals surface area contributed by atoms with Gasteiger partial charge in [0.15, 0.2) is 0 Å². The average molecular weight is 295 g/mol. The summed E-state index contributed by atoms with van der Waals surface area (Å²) in [6.07, 6.45) is 0. The number of fused-ring (bicyclic) bond motifs is 1. The van der Waals surface area contributed by atoms with Crippen molar-refractivity contribution in [1.29, 1.82) is 0 Å². The van der Waals surface area contributed by atoms with Crippen molar-refractivity contribution >= 4 is 44.9 Å². The first-order valence-electron chi connectivity index (χ1n) is 6.33. The molecular weight excluding hydrogens is 278 g/mol. The molecule has 1 fully saturated rings. The Balaban J connectivity index is 1.98. The summed E-state index contributed by atoms with van der Waals surface area (Å²) in [5.41, 5.74) is -0.600. The van der Waals surface area contributed by atoms with E-state index < -0.39 is 0 Å². The topological polar surface area (TPSA) is 18.5 Å². The third-order valence-electron chi connectivity index (χ3n) is 3.98. The summed E-state index contributed by atoms with van der Waals surface area (Å²) in [4.78, 5) is 0. The van der Waals surface area contributed by atoms with Gasteiger partial charge in [0.1, 0.15) is 0 Å². The Hall–Kier alpha value is -0.545. The lowest BCUT2D eigenvalue weighted by molar-refractivity contribution is 0.00578. The van der Waals surface area contributed by atoms with Crippen LogP contribution in [0.5, 0.6) is 0 Å². The van der Waals surface area contributed by atoms with Gasteiger partial charge in [-0.05, 0) is 57.3 Å². The van der Waals surface area contributed by atoms with Crippen molar-refractivity contribution < 1.29 is 9.31 Å². The van der Waals surface area contributed by atoms with Gasteiger partial charge in [-0.3, -0.25) is 0 Å². The molecule has 3 rings (SSSR count). The number of hydrogen-bond donors (Lipinski definition) is 0.